The predicted molar refractivity (Wildman–Crippen MR) is 138 cm³/mol. The fourth-order valence-corrected chi connectivity index (χ4v) is 5.26. The normalized spacial score (nSPS) is 17.3. The zero-order valence-electron chi connectivity index (χ0n) is 19.0. The Morgan fingerprint density at radius 1 is 1.09 bits per heavy atom. The summed E-state index contributed by atoms with van der Waals surface area (Å²) in [6.07, 6.45) is 0. The van der Waals surface area contributed by atoms with Gasteiger partial charge in [-0.1, -0.05) is 64.9 Å². The van der Waals surface area contributed by atoms with Crippen molar-refractivity contribution in [1.82, 2.24) is 4.98 Å². The number of carbonyl (C=O) groups excluding carboxylic acids is 2. The van der Waals surface area contributed by atoms with E-state index in [0.29, 0.717) is 39.2 Å². The van der Waals surface area contributed by atoms with E-state index in [1.807, 2.05) is 44.2 Å². The lowest BCUT2D eigenvalue weighted by molar-refractivity contribution is -0.132. The van der Waals surface area contributed by atoms with Crippen molar-refractivity contribution in [3.63, 3.8) is 0 Å². The molecule has 1 N–H and O–H groups in total. The highest BCUT2D eigenvalue weighted by atomic mass is 35.5. The summed E-state index contributed by atoms with van der Waals surface area (Å²) in [4.78, 5) is 32.6. The van der Waals surface area contributed by atoms with Crippen LogP contribution in [0.3, 0.4) is 0 Å². The first-order chi connectivity index (χ1) is 16.9. The number of anilines is 1. The van der Waals surface area contributed by atoms with Crippen LogP contribution in [0.2, 0.25) is 5.02 Å². The van der Waals surface area contributed by atoms with Gasteiger partial charge in [0.2, 0.25) is 0 Å². The molecule has 0 aliphatic carbocycles. The molecule has 8 heteroatoms. The van der Waals surface area contributed by atoms with Gasteiger partial charge >= 0.3 is 5.91 Å². The smallest absolute Gasteiger partial charge is 0.301 e. The molecule has 1 saturated heterocycles. The van der Waals surface area contributed by atoms with Crippen molar-refractivity contribution in [2.45, 2.75) is 19.9 Å². The largest absolute Gasteiger partial charge is 0.507 e. The number of carbonyl (C=O) groups is 2. The van der Waals surface area contributed by atoms with E-state index >= 15 is 0 Å². The van der Waals surface area contributed by atoms with Crippen LogP contribution in [-0.4, -0.2) is 28.4 Å². The van der Waals surface area contributed by atoms with E-state index in [-0.39, 0.29) is 11.3 Å². The number of ether oxygens (including phenoxy) is 1. The Labute approximate surface area is 211 Å². The fraction of sp³-hybridized carbons (Fsp3) is 0.148. The number of aromatic nitrogens is 1. The summed E-state index contributed by atoms with van der Waals surface area (Å²) in [6, 6.07) is 18.6. The summed E-state index contributed by atoms with van der Waals surface area (Å²) in [6.45, 7) is 4.36. The molecule has 2 heterocycles. The fourth-order valence-electron chi connectivity index (χ4n) is 4.11. The van der Waals surface area contributed by atoms with Crippen LogP contribution in [0, 0.1) is 6.92 Å². The minimum Gasteiger partial charge on any atom is -0.507 e. The molecule has 4 aromatic rings. The number of fused-ring (bicyclic) bond motifs is 1. The maximum Gasteiger partial charge on any atom is 0.301 e. The van der Waals surface area contributed by atoms with E-state index in [4.69, 9.17) is 16.3 Å². The van der Waals surface area contributed by atoms with Gasteiger partial charge in [-0.15, -0.1) is 0 Å². The van der Waals surface area contributed by atoms with Crippen molar-refractivity contribution in [3.05, 3.63) is 94.0 Å². The number of aliphatic hydroxyl groups excluding tert-OH is 1. The summed E-state index contributed by atoms with van der Waals surface area (Å²) in [5.41, 5.74) is 2.80. The lowest BCUT2D eigenvalue weighted by Gasteiger charge is -2.23. The number of amides is 1. The van der Waals surface area contributed by atoms with Crippen LogP contribution in [-0.2, 0) is 9.59 Å². The summed E-state index contributed by atoms with van der Waals surface area (Å²) in [7, 11) is 0. The van der Waals surface area contributed by atoms with Gasteiger partial charge in [0.1, 0.15) is 11.5 Å². The highest BCUT2D eigenvalue weighted by molar-refractivity contribution is 7.22. The van der Waals surface area contributed by atoms with Crippen molar-refractivity contribution < 1.29 is 19.4 Å². The molecule has 1 aromatic heterocycles. The average molecular weight is 505 g/mol. The number of hydrogen-bond donors (Lipinski definition) is 1. The van der Waals surface area contributed by atoms with E-state index in [1.54, 1.807) is 36.4 Å². The van der Waals surface area contributed by atoms with Crippen LogP contribution in [0.4, 0.5) is 5.13 Å². The molecule has 1 amide bonds. The van der Waals surface area contributed by atoms with Crippen LogP contribution >= 0.6 is 22.9 Å². The van der Waals surface area contributed by atoms with Crippen LogP contribution < -0.4 is 9.64 Å². The quantitative estimate of drug-likeness (QED) is 0.196. The molecule has 6 nitrogen and oxygen atoms in total. The molecule has 5 rings (SSSR count). The zero-order valence-corrected chi connectivity index (χ0v) is 20.6. The molecule has 176 valence electrons. The second-order valence-corrected chi connectivity index (χ2v) is 9.59. The van der Waals surface area contributed by atoms with Gasteiger partial charge in [0, 0.05) is 10.6 Å². The first-order valence-corrected chi connectivity index (χ1v) is 12.2. The highest BCUT2D eigenvalue weighted by Gasteiger charge is 2.48. The number of aliphatic hydroxyl groups is 1. The number of benzene rings is 3. The minimum atomic E-state index is -0.861. The molecule has 1 atom stereocenters. The lowest BCUT2D eigenvalue weighted by Crippen LogP contribution is -2.29. The maximum absolute atomic E-state index is 13.3. The molecule has 1 unspecified atom stereocenters. The van der Waals surface area contributed by atoms with E-state index in [0.717, 1.165) is 10.3 Å². The Balaban J connectivity index is 1.69. The van der Waals surface area contributed by atoms with Crippen LogP contribution in [0.25, 0.3) is 16.0 Å². The third-order valence-electron chi connectivity index (χ3n) is 5.82. The van der Waals surface area contributed by atoms with Gasteiger partial charge in [-0.3, -0.25) is 14.5 Å². The number of ketones is 1. The molecule has 1 aliphatic heterocycles. The molecule has 3 aromatic carbocycles. The summed E-state index contributed by atoms with van der Waals surface area (Å²) < 4.78 is 6.41. The van der Waals surface area contributed by atoms with E-state index in [9.17, 15) is 14.7 Å². The first-order valence-electron chi connectivity index (χ1n) is 11.0. The Hall–Kier alpha value is -3.68. The second-order valence-electron chi connectivity index (χ2n) is 8.15. The Bertz CT molecular complexity index is 1480. The zero-order chi connectivity index (χ0) is 24.7. The Morgan fingerprint density at radius 3 is 2.49 bits per heavy atom. The SMILES string of the molecule is CCOc1ccc2nc(N3C(=O)C(=O)/C(=C(/O)c4ccc(C)cc4)C3c3ccc(Cl)cc3)sc2c1. The lowest BCUT2D eigenvalue weighted by atomic mass is 9.95. The van der Waals surface area contributed by atoms with Crippen molar-refractivity contribution in [3.8, 4) is 5.75 Å². The first kappa shape index (κ1) is 23.1. The van der Waals surface area contributed by atoms with Gasteiger partial charge in [0.25, 0.3) is 5.78 Å². The molecule has 0 spiro atoms. The molecule has 1 fully saturated rings. The van der Waals surface area contributed by atoms with Gasteiger partial charge < -0.3 is 9.84 Å². The van der Waals surface area contributed by atoms with Crippen molar-refractivity contribution in [1.29, 1.82) is 0 Å². The standard InChI is InChI=1S/C27H21ClN2O4S/c1-3-34-19-12-13-20-21(14-19)35-27(29-20)30-23(16-8-10-18(28)11-9-16)22(25(32)26(30)33)24(31)17-6-4-15(2)5-7-17/h4-14,23,31H,3H2,1-2H3/b24-22+. The van der Waals surface area contributed by atoms with Gasteiger partial charge in [-0.25, -0.2) is 4.98 Å². The van der Waals surface area contributed by atoms with Crippen LogP contribution in [0.15, 0.2) is 72.3 Å². The van der Waals surface area contributed by atoms with Gasteiger partial charge in [-0.05, 0) is 49.7 Å². The van der Waals surface area contributed by atoms with Crippen LogP contribution in [0.1, 0.15) is 29.7 Å². The van der Waals surface area contributed by atoms with E-state index < -0.39 is 17.7 Å². The molecule has 0 saturated carbocycles. The van der Waals surface area contributed by atoms with Crippen LogP contribution in [0.5, 0.6) is 5.75 Å². The van der Waals surface area contributed by atoms with Crippen molar-refractivity contribution in [2.24, 2.45) is 0 Å². The molecular weight excluding hydrogens is 484 g/mol. The van der Waals surface area contributed by atoms with Gasteiger partial charge in [0.05, 0.1) is 28.4 Å². The monoisotopic (exact) mass is 504 g/mol. The molecular formula is C27H21ClN2O4S. The van der Waals surface area contributed by atoms with Crippen molar-refractivity contribution in [2.75, 3.05) is 11.5 Å². The maximum atomic E-state index is 13.3. The topological polar surface area (TPSA) is 79.7 Å². The summed E-state index contributed by atoms with van der Waals surface area (Å²) >= 11 is 7.39. The van der Waals surface area contributed by atoms with E-state index in [1.165, 1.54) is 16.2 Å². The third kappa shape index (κ3) is 4.17. The number of aryl methyl sites for hydroxylation is 1. The molecule has 0 bridgehead atoms. The number of nitrogens with zero attached hydrogens (tertiary/aromatic N) is 2. The molecule has 0 radical (unpaired) electrons. The molecule has 1 aliphatic rings. The number of rotatable bonds is 5. The third-order valence-corrected chi connectivity index (χ3v) is 7.09. The number of halogens is 1. The second kappa shape index (κ2) is 9.17. The average Bonchev–Trinajstić information content (AvgIpc) is 3.38. The summed E-state index contributed by atoms with van der Waals surface area (Å²) in [5, 5.41) is 12.1. The number of Topliss-reactive ketones (excluding diaryl/α,β-unsaturated/α-hetero) is 1. The number of thiazole rings is 1. The predicted octanol–water partition coefficient (Wildman–Crippen LogP) is 6.28. The summed E-state index contributed by atoms with van der Waals surface area (Å²) in [5.74, 6) is -1.04. The number of hydrogen-bond acceptors (Lipinski definition) is 6. The van der Waals surface area contributed by atoms with Gasteiger partial charge in [-0.2, -0.15) is 0 Å². The minimum absolute atomic E-state index is 0.00966. The van der Waals surface area contributed by atoms with Gasteiger partial charge in [0.15, 0.2) is 5.13 Å². The Morgan fingerprint density at radius 2 is 1.80 bits per heavy atom. The van der Waals surface area contributed by atoms with Crippen molar-refractivity contribution >= 4 is 55.7 Å². The molecule has 35 heavy (non-hydrogen) atoms. The Kier molecular flexibility index (Phi) is 6.05. The van der Waals surface area contributed by atoms with E-state index in [2.05, 4.69) is 4.98 Å². The highest BCUT2D eigenvalue weighted by Crippen LogP contribution is 2.44.